The van der Waals surface area contributed by atoms with Gasteiger partial charge >= 0.3 is 6.03 Å². The summed E-state index contributed by atoms with van der Waals surface area (Å²) in [5, 5.41) is 5.18. The summed E-state index contributed by atoms with van der Waals surface area (Å²) in [6.45, 7) is 3.80. The van der Waals surface area contributed by atoms with Crippen LogP contribution in [0.3, 0.4) is 0 Å². The number of rotatable bonds is 4. The van der Waals surface area contributed by atoms with Crippen molar-refractivity contribution in [3.63, 3.8) is 0 Å². The molecule has 0 radical (unpaired) electrons. The van der Waals surface area contributed by atoms with Crippen LogP contribution in [0.1, 0.15) is 13.8 Å². The summed E-state index contributed by atoms with van der Waals surface area (Å²) in [5.74, 6) is -0.152. The van der Waals surface area contributed by atoms with E-state index in [9.17, 15) is 9.59 Å². The zero-order chi connectivity index (χ0) is 13.8. The fourth-order valence-electron chi connectivity index (χ4n) is 1.17. The monoisotopic (exact) mass is 250 g/mol. The molecule has 0 aliphatic carbocycles. The molecule has 18 heavy (non-hydrogen) atoms. The van der Waals surface area contributed by atoms with Gasteiger partial charge in [-0.1, -0.05) is 0 Å². The van der Waals surface area contributed by atoms with Crippen LogP contribution in [0.15, 0.2) is 24.3 Å². The zero-order valence-corrected chi connectivity index (χ0v) is 10.5. The van der Waals surface area contributed by atoms with Gasteiger partial charge in [0.15, 0.2) is 0 Å². The lowest BCUT2D eigenvalue weighted by molar-refractivity contribution is -0.123. The Bertz CT molecular complexity index is 440. The Morgan fingerprint density at radius 3 is 1.94 bits per heavy atom. The first-order valence-electron chi connectivity index (χ1n) is 5.53. The van der Waals surface area contributed by atoms with E-state index in [0.717, 1.165) is 0 Å². The second-order valence-corrected chi connectivity index (χ2v) is 4.61. The molecule has 0 atom stereocenters. The second kappa shape index (κ2) is 5.50. The summed E-state index contributed by atoms with van der Waals surface area (Å²) in [4.78, 5) is 22.5. The van der Waals surface area contributed by atoms with Gasteiger partial charge in [0, 0.05) is 17.9 Å². The lowest BCUT2D eigenvalue weighted by Gasteiger charge is -2.21. The molecule has 0 fully saturated rings. The highest BCUT2D eigenvalue weighted by atomic mass is 16.2. The van der Waals surface area contributed by atoms with Crippen LogP contribution in [0.25, 0.3) is 0 Å². The summed E-state index contributed by atoms with van der Waals surface area (Å²) in [7, 11) is 0. The predicted octanol–water partition coefficient (Wildman–Crippen LogP) is 1.10. The lowest BCUT2D eigenvalue weighted by atomic mass is 9.92. The van der Waals surface area contributed by atoms with E-state index in [0.29, 0.717) is 11.4 Å². The SMILES string of the molecule is CC(C)(CN)C(=O)Nc1ccc(NC(N)=O)cc1. The number of carbonyl (C=O) groups excluding carboxylic acids is 2. The molecule has 6 heteroatoms. The molecule has 0 aliphatic heterocycles. The molecule has 6 N–H and O–H groups in total. The fraction of sp³-hybridized carbons (Fsp3) is 0.333. The number of primary amides is 1. The normalized spacial score (nSPS) is 10.8. The zero-order valence-electron chi connectivity index (χ0n) is 10.5. The minimum absolute atomic E-state index is 0.152. The lowest BCUT2D eigenvalue weighted by Crippen LogP contribution is -2.37. The van der Waals surface area contributed by atoms with Crippen molar-refractivity contribution in [2.75, 3.05) is 17.2 Å². The number of anilines is 2. The van der Waals surface area contributed by atoms with Crippen LogP contribution >= 0.6 is 0 Å². The average molecular weight is 250 g/mol. The first-order chi connectivity index (χ1) is 8.35. The number of nitrogens with two attached hydrogens (primary N) is 2. The summed E-state index contributed by atoms with van der Waals surface area (Å²) in [5.41, 5.74) is 11.1. The third-order valence-corrected chi connectivity index (χ3v) is 2.54. The molecule has 1 aromatic carbocycles. The Morgan fingerprint density at radius 1 is 1.11 bits per heavy atom. The van der Waals surface area contributed by atoms with Gasteiger partial charge in [-0.25, -0.2) is 4.79 Å². The number of urea groups is 1. The molecule has 0 aromatic heterocycles. The largest absolute Gasteiger partial charge is 0.351 e. The van der Waals surface area contributed by atoms with Crippen LogP contribution in [-0.4, -0.2) is 18.5 Å². The van der Waals surface area contributed by atoms with Crippen molar-refractivity contribution in [2.45, 2.75) is 13.8 Å². The average Bonchev–Trinajstić information content (AvgIpc) is 2.31. The molecule has 1 aromatic rings. The number of hydrogen-bond donors (Lipinski definition) is 4. The van der Waals surface area contributed by atoms with Crippen molar-refractivity contribution < 1.29 is 9.59 Å². The summed E-state index contributed by atoms with van der Waals surface area (Å²) < 4.78 is 0. The fourth-order valence-corrected chi connectivity index (χ4v) is 1.17. The molecule has 0 bridgehead atoms. The van der Waals surface area contributed by atoms with Crippen molar-refractivity contribution in [2.24, 2.45) is 16.9 Å². The minimum Gasteiger partial charge on any atom is -0.351 e. The number of amides is 3. The number of benzene rings is 1. The maximum atomic E-state index is 11.8. The smallest absolute Gasteiger partial charge is 0.316 e. The Labute approximate surface area is 106 Å². The molecular weight excluding hydrogens is 232 g/mol. The van der Waals surface area contributed by atoms with E-state index in [4.69, 9.17) is 11.5 Å². The highest BCUT2D eigenvalue weighted by Gasteiger charge is 2.25. The van der Waals surface area contributed by atoms with E-state index in [1.807, 2.05) is 0 Å². The second-order valence-electron chi connectivity index (χ2n) is 4.61. The molecule has 0 saturated carbocycles. The molecule has 0 saturated heterocycles. The van der Waals surface area contributed by atoms with Gasteiger partial charge < -0.3 is 22.1 Å². The highest BCUT2D eigenvalue weighted by Crippen LogP contribution is 2.18. The number of nitrogens with one attached hydrogen (secondary N) is 2. The van der Waals surface area contributed by atoms with Crippen LogP contribution in [0.5, 0.6) is 0 Å². The van der Waals surface area contributed by atoms with Crippen molar-refractivity contribution in [3.05, 3.63) is 24.3 Å². The van der Waals surface area contributed by atoms with Crippen molar-refractivity contribution in [1.82, 2.24) is 0 Å². The molecule has 0 heterocycles. The van der Waals surface area contributed by atoms with Gasteiger partial charge in [-0.2, -0.15) is 0 Å². The first kappa shape index (κ1) is 14.0. The topological polar surface area (TPSA) is 110 Å². The first-order valence-corrected chi connectivity index (χ1v) is 5.53. The van der Waals surface area contributed by atoms with Crippen LogP contribution in [0, 0.1) is 5.41 Å². The van der Waals surface area contributed by atoms with Crippen molar-refractivity contribution in [3.8, 4) is 0 Å². The van der Waals surface area contributed by atoms with E-state index in [2.05, 4.69) is 10.6 Å². The number of hydrogen-bond acceptors (Lipinski definition) is 3. The van der Waals surface area contributed by atoms with E-state index in [-0.39, 0.29) is 12.5 Å². The van der Waals surface area contributed by atoms with Gasteiger partial charge in [-0.05, 0) is 38.1 Å². The van der Waals surface area contributed by atoms with E-state index < -0.39 is 11.4 Å². The Balaban J connectivity index is 2.69. The molecule has 6 nitrogen and oxygen atoms in total. The van der Waals surface area contributed by atoms with Crippen LogP contribution in [0.2, 0.25) is 0 Å². The quantitative estimate of drug-likeness (QED) is 0.642. The predicted molar refractivity (Wildman–Crippen MR) is 71.1 cm³/mol. The van der Waals surface area contributed by atoms with E-state index in [1.54, 1.807) is 38.1 Å². The third kappa shape index (κ3) is 3.74. The van der Waals surface area contributed by atoms with Gasteiger partial charge in [0.1, 0.15) is 0 Å². The molecule has 3 amide bonds. The summed E-state index contributed by atoms with van der Waals surface area (Å²) >= 11 is 0. The van der Waals surface area contributed by atoms with Gasteiger partial charge in [-0.3, -0.25) is 4.79 Å². The standard InChI is InChI=1S/C12H18N4O2/c1-12(2,7-13)10(17)15-8-3-5-9(6-4-8)16-11(14)18/h3-6H,7,13H2,1-2H3,(H,15,17)(H3,14,16,18). The van der Waals surface area contributed by atoms with Gasteiger partial charge in [-0.15, -0.1) is 0 Å². The van der Waals surface area contributed by atoms with E-state index >= 15 is 0 Å². The van der Waals surface area contributed by atoms with Gasteiger partial charge in [0.25, 0.3) is 0 Å². The van der Waals surface area contributed by atoms with Gasteiger partial charge in [0.05, 0.1) is 5.41 Å². The van der Waals surface area contributed by atoms with Crippen molar-refractivity contribution in [1.29, 1.82) is 0 Å². The summed E-state index contributed by atoms with van der Waals surface area (Å²) in [6, 6.07) is 6.02. The third-order valence-electron chi connectivity index (χ3n) is 2.54. The maximum absolute atomic E-state index is 11.8. The van der Waals surface area contributed by atoms with Crippen molar-refractivity contribution >= 4 is 23.3 Å². The molecule has 0 spiro atoms. The number of carbonyl (C=O) groups is 2. The molecular formula is C12H18N4O2. The van der Waals surface area contributed by atoms with Gasteiger partial charge in [0.2, 0.25) is 5.91 Å². The molecule has 1 rings (SSSR count). The Hall–Kier alpha value is -2.08. The maximum Gasteiger partial charge on any atom is 0.316 e. The van der Waals surface area contributed by atoms with Crippen LogP contribution in [-0.2, 0) is 4.79 Å². The highest BCUT2D eigenvalue weighted by molar-refractivity contribution is 5.95. The van der Waals surface area contributed by atoms with Crippen LogP contribution in [0.4, 0.5) is 16.2 Å². The van der Waals surface area contributed by atoms with Crippen LogP contribution < -0.4 is 22.1 Å². The summed E-state index contributed by atoms with van der Waals surface area (Å²) in [6.07, 6.45) is 0. The molecule has 0 aliphatic rings. The van der Waals surface area contributed by atoms with E-state index in [1.165, 1.54) is 0 Å². The Kier molecular flexibility index (Phi) is 4.28. The minimum atomic E-state index is -0.629. The molecule has 98 valence electrons. The molecule has 0 unspecified atom stereocenters. The Morgan fingerprint density at radius 2 is 1.56 bits per heavy atom.